The molecule has 0 unspecified atom stereocenters. The Morgan fingerprint density at radius 3 is 2.36 bits per heavy atom. The molecule has 1 aromatic carbocycles. The van der Waals surface area contributed by atoms with Gasteiger partial charge in [-0.15, -0.1) is 0 Å². The Bertz CT molecular complexity index is 1240. The van der Waals surface area contributed by atoms with E-state index in [1.807, 2.05) is 11.0 Å². The van der Waals surface area contributed by atoms with Gasteiger partial charge in [-0.05, 0) is 30.7 Å². The molecule has 2 N–H and O–H groups in total. The van der Waals surface area contributed by atoms with Gasteiger partial charge in [0, 0.05) is 56.6 Å². The average molecular weight is 501 g/mol. The number of aromatic nitrogens is 2. The number of ether oxygens (including phenoxy) is 1. The fourth-order valence-electron chi connectivity index (χ4n) is 3.92. The zero-order valence-electron chi connectivity index (χ0n) is 20.2. The molecule has 1 amide bonds. The predicted octanol–water partition coefficient (Wildman–Crippen LogP) is 4.97. The van der Waals surface area contributed by atoms with Gasteiger partial charge in [0.15, 0.2) is 0 Å². The number of anilines is 5. The van der Waals surface area contributed by atoms with Crippen molar-refractivity contribution in [3.63, 3.8) is 0 Å². The molecule has 3 aromatic rings. The van der Waals surface area contributed by atoms with Crippen molar-refractivity contribution in [2.45, 2.75) is 20.0 Å². The van der Waals surface area contributed by atoms with Crippen LogP contribution in [-0.2, 0) is 11.0 Å². The molecule has 0 radical (unpaired) electrons. The first kappa shape index (κ1) is 25.1. The molecule has 2 aromatic heterocycles. The lowest BCUT2D eigenvalue weighted by Crippen LogP contribution is -2.48. The number of carbonyl (C=O) groups is 1. The first-order valence-corrected chi connectivity index (χ1v) is 11.4. The number of hydrogen-bond acceptors (Lipinski definition) is 7. The molecule has 36 heavy (non-hydrogen) atoms. The maximum absolute atomic E-state index is 13.7. The number of nitrogens with zero attached hydrogens (tertiary/aromatic N) is 4. The number of carbonyl (C=O) groups excluding carboxylic acids is 1. The van der Waals surface area contributed by atoms with E-state index in [0.717, 1.165) is 11.6 Å². The molecule has 4 rings (SSSR count). The largest absolute Gasteiger partial charge is 0.481 e. The second-order valence-corrected chi connectivity index (χ2v) is 8.40. The molecule has 0 aliphatic carbocycles. The van der Waals surface area contributed by atoms with E-state index in [1.54, 1.807) is 49.1 Å². The predicted molar refractivity (Wildman–Crippen MR) is 132 cm³/mol. The first-order chi connectivity index (χ1) is 17.1. The van der Waals surface area contributed by atoms with Crippen molar-refractivity contribution in [3.8, 4) is 5.88 Å². The van der Waals surface area contributed by atoms with Crippen LogP contribution in [0, 0.1) is 6.92 Å². The van der Waals surface area contributed by atoms with E-state index in [-0.39, 0.29) is 17.5 Å². The molecule has 1 aliphatic heterocycles. The zero-order valence-corrected chi connectivity index (χ0v) is 20.2. The Kier molecular flexibility index (Phi) is 7.18. The Labute approximate surface area is 207 Å². The van der Waals surface area contributed by atoms with Gasteiger partial charge in [0.05, 0.1) is 12.7 Å². The summed E-state index contributed by atoms with van der Waals surface area (Å²) in [5.74, 6) is 0.918. The summed E-state index contributed by atoms with van der Waals surface area (Å²) in [6, 6.07) is 12.8. The van der Waals surface area contributed by atoms with Crippen molar-refractivity contribution >= 4 is 34.7 Å². The highest BCUT2D eigenvalue weighted by atomic mass is 19.4. The third-order valence-corrected chi connectivity index (χ3v) is 5.92. The van der Waals surface area contributed by atoms with Gasteiger partial charge in [-0.25, -0.2) is 4.98 Å². The van der Waals surface area contributed by atoms with Gasteiger partial charge >= 0.3 is 6.18 Å². The van der Waals surface area contributed by atoms with E-state index in [9.17, 15) is 18.0 Å². The van der Waals surface area contributed by atoms with Crippen LogP contribution in [0.1, 0.15) is 18.1 Å². The molecule has 0 spiro atoms. The van der Waals surface area contributed by atoms with E-state index >= 15 is 0 Å². The second kappa shape index (κ2) is 10.3. The third kappa shape index (κ3) is 5.78. The number of nitrogens with one attached hydrogen (secondary N) is 2. The summed E-state index contributed by atoms with van der Waals surface area (Å²) in [6.07, 6.45) is -4.58. The van der Waals surface area contributed by atoms with Gasteiger partial charge in [0.2, 0.25) is 11.8 Å². The summed E-state index contributed by atoms with van der Waals surface area (Å²) in [6.45, 7) is 5.70. The Hall–Kier alpha value is -4.02. The lowest BCUT2D eigenvalue weighted by Gasteiger charge is -2.35. The van der Waals surface area contributed by atoms with E-state index in [4.69, 9.17) is 4.74 Å². The number of piperazine rings is 1. The summed E-state index contributed by atoms with van der Waals surface area (Å²) >= 11 is 0. The van der Waals surface area contributed by atoms with E-state index < -0.39 is 11.7 Å². The fourth-order valence-corrected chi connectivity index (χ4v) is 3.92. The van der Waals surface area contributed by atoms with Gasteiger partial charge in [0.25, 0.3) is 0 Å². The quantitative estimate of drug-likeness (QED) is 0.495. The number of rotatable bonds is 6. The molecule has 1 fully saturated rings. The molecular formula is C25H27F3N6O2. The third-order valence-electron chi connectivity index (χ3n) is 5.92. The summed E-state index contributed by atoms with van der Waals surface area (Å²) in [5.41, 5.74) is 1.01. The van der Waals surface area contributed by atoms with Gasteiger partial charge in [-0.3, -0.25) is 4.79 Å². The molecule has 190 valence electrons. The van der Waals surface area contributed by atoms with Crippen LogP contribution in [0.3, 0.4) is 0 Å². The molecule has 1 saturated heterocycles. The van der Waals surface area contributed by atoms with Crippen molar-refractivity contribution in [2.75, 3.05) is 48.8 Å². The number of para-hydroxylation sites is 1. The van der Waals surface area contributed by atoms with Gasteiger partial charge < -0.3 is 25.2 Å². The standard InChI is InChI=1S/C25H27F3N6O2/c1-16-6-4-5-7-20(16)30-24-19(25(26,27)28)8-9-21(31-24)29-18-14-22(32-23(15-18)36-3)34-12-10-33(11-13-34)17(2)35/h4-9,14-15H,10-13H2,1-3H3,(H2,29,30,31,32). The zero-order chi connectivity index (χ0) is 25.9. The average Bonchev–Trinajstić information content (AvgIpc) is 2.84. The highest BCUT2D eigenvalue weighted by molar-refractivity contribution is 5.73. The molecule has 3 heterocycles. The first-order valence-electron chi connectivity index (χ1n) is 11.4. The number of benzene rings is 1. The minimum Gasteiger partial charge on any atom is -0.481 e. The number of hydrogen-bond donors (Lipinski definition) is 2. The lowest BCUT2D eigenvalue weighted by atomic mass is 10.2. The molecule has 0 saturated carbocycles. The van der Waals surface area contributed by atoms with Crippen LogP contribution in [0.25, 0.3) is 0 Å². The highest BCUT2D eigenvalue weighted by Crippen LogP contribution is 2.37. The van der Waals surface area contributed by atoms with Crippen LogP contribution in [0.4, 0.5) is 42.0 Å². The highest BCUT2D eigenvalue weighted by Gasteiger charge is 2.34. The van der Waals surface area contributed by atoms with Crippen LogP contribution in [0.15, 0.2) is 48.5 Å². The molecule has 0 bridgehead atoms. The number of halogens is 3. The van der Waals surface area contributed by atoms with Crippen molar-refractivity contribution in [2.24, 2.45) is 0 Å². The van der Waals surface area contributed by atoms with Crippen molar-refractivity contribution < 1.29 is 22.7 Å². The van der Waals surface area contributed by atoms with Crippen molar-refractivity contribution in [1.82, 2.24) is 14.9 Å². The van der Waals surface area contributed by atoms with Crippen LogP contribution in [0.5, 0.6) is 5.88 Å². The topological polar surface area (TPSA) is 82.6 Å². The minimum atomic E-state index is -4.58. The Morgan fingerprint density at radius 1 is 1.00 bits per heavy atom. The monoisotopic (exact) mass is 500 g/mol. The van der Waals surface area contributed by atoms with Gasteiger partial charge in [-0.1, -0.05) is 18.2 Å². The number of pyridine rings is 2. The summed E-state index contributed by atoms with van der Waals surface area (Å²) in [5, 5.41) is 5.90. The maximum Gasteiger partial charge on any atom is 0.419 e. The van der Waals surface area contributed by atoms with Crippen LogP contribution < -0.4 is 20.3 Å². The molecule has 1 aliphatic rings. The normalized spacial score (nSPS) is 13.9. The molecule has 8 nitrogen and oxygen atoms in total. The fraction of sp³-hybridized carbons (Fsp3) is 0.320. The number of amides is 1. The Balaban J connectivity index is 1.62. The van der Waals surface area contributed by atoms with Crippen molar-refractivity contribution in [3.05, 3.63) is 59.7 Å². The van der Waals surface area contributed by atoms with Crippen molar-refractivity contribution in [1.29, 1.82) is 0 Å². The lowest BCUT2D eigenvalue weighted by molar-refractivity contribution is -0.137. The number of alkyl halides is 3. The summed E-state index contributed by atoms with van der Waals surface area (Å²) in [4.78, 5) is 24.2. The SMILES string of the molecule is COc1cc(Nc2ccc(C(F)(F)F)c(Nc3ccccc3C)n2)cc(N2CCN(C(C)=O)CC2)n1. The number of aryl methyl sites for hydroxylation is 1. The Morgan fingerprint density at radius 2 is 1.72 bits per heavy atom. The van der Waals surface area contributed by atoms with Crippen LogP contribution in [-0.4, -0.2) is 54.1 Å². The smallest absolute Gasteiger partial charge is 0.419 e. The molecule has 11 heteroatoms. The maximum atomic E-state index is 13.7. The minimum absolute atomic E-state index is 0.0269. The second-order valence-electron chi connectivity index (χ2n) is 8.40. The summed E-state index contributed by atoms with van der Waals surface area (Å²) in [7, 11) is 1.49. The summed E-state index contributed by atoms with van der Waals surface area (Å²) < 4.78 is 46.4. The molecular weight excluding hydrogens is 473 g/mol. The van der Waals surface area contributed by atoms with Gasteiger partial charge in [-0.2, -0.15) is 18.2 Å². The number of methoxy groups -OCH3 is 1. The molecule has 0 atom stereocenters. The van der Waals surface area contributed by atoms with Crippen LogP contribution in [0.2, 0.25) is 0 Å². The van der Waals surface area contributed by atoms with Gasteiger partial charge in [0.1, 0.15) is 17.5 Å². The van der Waals surface area contributed by atoms with E-state index in [1.165, 1.54) is 13.2 Å². The van der Waals surface area contributed by atoms with E-state index in [0.29, 0.717) is 49.3 Å². The van der Waals surface area contributed by atoms with E-state index in [2.05, 4.69) is 20.6 Å². The van der Waals surface area contributed by atoms with Crippen LogP contribution >= 0.6 is 0 Å².